The van der Waals surface area contributed by atoms with Gasteiger partial charge >= 0.3 is 0 Å². The molecule has 0 aromatic carbocycles. The zero-order valence-corrected chi connectivity index (χ0v) is 17.5. The summed E-state index contributed by atoms with van der Waals surface area (Å²) in [6, 6.07) is 7.40. The second-order valence-electron chi connectivity index (χ2n) is 7.39. The van der Waals surface area contributed by atoms with Gasteiger partial charge in [0.15, 0.2) is 0 Å². The Bertz CT molecular complexity index is 785. The van der Waals surface area contributed by atoms with Crippen LogP contribution in [0.4, 0.5) is 5.82 Å². The third-order valence-electron chi connectivity index (χ3n) is 5.31. The maximum atomic E-state index is 12.4. The van der Waals surface area contributed by atoms with E-state index in [4.69, 9.17) is 10.5 Å². The molecule has 1 aromatic heterocycles. The summed E-state index contributed by atoms with van der Waals surface area (Å²) in [5.41, 5.74) is 3.44. The van der Waals surface area contributed by atoms with Crippen LogP contribution in [0.25, 0.3) is 0 Å². The zero-order valence-electron chi connectivity index (χ0n) is 16.7. The molecular formula is C19H26N8O2S. The molecule has 11 heteroatoms. The molecule has 2 atom stereocenters. The Labute approximate surface area is 180 Å². The largest absolute Gasteiger partial charge is 0.613 e. The van der Waals surface area contributed by atoms with Crippen LogP contribution in [0.15, 0.2) is 18.3 Å². The molecule has 30 heavy (non-hydrogen) atoms. The normalized spacial score (nSPS) is 21.6. The number of amides is 1. The standard InChI is InChI=1S/C19H26N8O2S/c20-9-15-1-2-18(22-11-15)24-19(28)12-25-6-3-16(4-7-25)27(29)23-5-8-26-14-30-13-17(26)10-21/h1-2,11,16-17,23,27H,3-8,12-14H2,(H,22,24,28). The molecule has 0 saturated carbocycles. The molecular weight excluding hydrogens is 404 g/mol. The van der Waals surface area contributed by atoms with E-state index in [9.17, 15) is 10.0 Å². The number of carbonyl (C=O) groups excluding carboxylic acids is 1. The summed E-state index contributed by atoms with van der Waals surface area (Å²) in [7, 11) is 0. The first kappa shape index (κ1) is 22.4. The lowest BCUT2D eigenvalue weighted by Gasteiger charge is -2.37. The minimum Gasteiger partial charge on any atom is -0.613 e. The predicted octanol–water partition coefficient (Wildman–Crippen LogP) is -0.858. The molecule has 10 nitrogen and oxygen atoms in total. The van der Waals surface area contributed by atoms with Crippen molar-refractivity contribution in [2.75, 3.05) is 49.7 Å². The first-order valence-electron chi connectivity index (χ1n) is 9.96. The van der Waals surface area contributed by atoms with Crippen LogP contribution in [0.1, 0.15) is 18.4 Å². The second kappa shape index (κ2) is 11.2. The van der Waals surface area contributed by atoms with Gasteiger partial charge in [-0.3, -0.25) is 19.8 Å². The van der Waals surface area contributed by atoms with Gasteiger partial charge in [-0.25, -0.2) is 4.98 Å². The number of likely N-dealkylation sites (tertiary alicyclic amines) is 1. The second-order valence-corrected chi connectivity index (χ2v) is 8.39. The first-order valence-corrected chi connectivity index (χ1v) is 11.1. The highest BCUT2D eigenvalue weighted by molar-refractivity contribution is 7.99. The number of nitriles is 2. The zero-order chi connectivity index (χ0) is 21.3. The van der Waals surface area contributed by atoms with Crippen molar-refractivity contribution in [1.82, 2.24) is 20.2 Å². The van der Waals surface area contributed by atoms with Crippen molar-refractivity contribution in [1.29, 1.82) is 10.5 Å². The van der Waals surface area contributed by atoms with E-state index in [0.29, 0.717) is 50.4 Å². The van der Waals surface area contributed by atoms with Crippen molar-refractivity contribution in [2.45, 2.75) is 24.9 Å². The van der Waals surface area contributed by atoms with Gasteiger partial charge in [0.25, 0.3) is 0 Å². The Morgan fingerprint density at radius 2 is 2.17 bits per heavy atom. The minimum atomic E-state index is -0.161. The number of nitrogens with one attached hydrogen (secondary N) is 3. The summed E-state index contributed by atoms with van der Waals surface area (Å²) in [5.74, 6) is 1.93. The van der Waals surface area contributed by atoms with Gasteiger partial charge in [0, 0.05) is 50.3 Å². The molecule has 0 radical (unpaired) electrons. The highest BCUT2D eigenvalue weighted by Gasteiger charge is 2.27. The minimum absolute atomic E-state index is 0.0378. The Balaban J connectivity index is 1.33. The molecule has 2 unspecified atom stereocenters. The fourth-order valence-corrected chi connectivity index (χ4v) is 4.71. The average molecular weight is 431 g/mol. The number of nitrogens with zero attached hydrogens (tertiary/aromatic N) is 5. The number of anilines is 1. The number of hydrogen-bond acceptors (Lipinski definition) is 9. The lowest BCUT2D eigenvalue weighted by atomic mass is 10.1. The van der Waals surface area contributed by atoms with Crippen molar-refractivity contribution < 1.29 is 9.97 Å². The van der Waals surface area contributed by atoms with E-state index in [0.717, 1.165) is 11.6 Å². The molecule has 2 aliphatic rings. The Morgan fingerprint density at radius 3 is 2.83 bits per heavy atom. The molecule has 2 saturated heterocycles. The number of rotatable bonds is 8. The fourth-order valence-electron chi connectivity index (χ4n) is 3.56. The number of pyridine rings is 1. The lowest BCUT2D eigenvalue weighted by Crippen LogP contribution is -3.18. The molecule has 0 spiro atoms. The van der Waals surface area contributed by atoms with Crippen molar-refractivity contribution in [3.63, 3.8) is 0 Å². The summed E-state index contributed by atoms with van der Waals surface area (Å²) in [5, 5.41) is 33.1. The van der Waals surface area contributed by atoms with Crippen molar-refractivity contribution in [3.05, 3.63) is 29.1 Å². The van der Waals surface area contributed by atoms with Gasteiger partial charge in [-0.2, -0.15) is 15.9 Å². The van der Waals surface area contributed by atoms with Crippen LogP contribution in [-0.2, 0) is 4.79 Å². The third-order valence-corrected chi connectivity index (χ3v) is 6.37. The van der Waals surface area contributed by atoms with E-state index in [1.807, 2.05) is 11.0 Å². The molecule has 3 heterocycles. The fraction of sp³-hybridized carbons (Fsp3) is 0.579. The van der Waals surface area contributed by atoms with Gasteiger partial charge in [-0.1, -0.05) is 0 Å². The van der Waals surface area contributed by atoms with Crippen LogP contribution < -0.4 is 15.9 Å². The number of hydrogen-bond donors (Lipinski definition) is 3. The van der Waals surface area contributed by atoms with Gasteiger partial charge in [0.1, 0.15) is 24.0 Å². The SMILES string of the molecule is N#Cc1ccc(NC(=O)CN2CCC([NH+]([O-])NCCN3CSCC3C#N)CC2)nc1. The molecule has 3 N–H and O–H groups in total. The molecule has 2 aliphatic heterocycles. The van der Waals surface area contributed by atoms with E-state index in [-0.39, 0.29) is 29.7 Å². The number of carbonyl (C=O) groups is 1. The van der Waals surface area contributed by atoms with Crippen molar-refractivity contribution >= 4 is 23.5 Å². The third kappa shape index (κ3) is 6.37. The number of aromatic nitrogens is 1. The topological polar surface area (TPSA) is 136 Å². The van der Waals surface area contributed by atoms with Crippen LogP contribution in [0, 0.1) is 27.9 Å². The van der Waals surface area contributed by atoms with Crippen LogP contribution >= 0.6 is 11.8 Å². The summed E-state index contributed by atoms with van der Waals surface area (Å²) in [4.78, 5) is 20.4. The van der Waals surface area contributed by atoms with E-state index < -0.39 is 0 Å². The number of hydroxylamine groups is 1. The molecule has 3 rings (SSSR count). The maximum absolute atomic E-state index is 12.4. The van der Waals surface area contributed by atoms with Gasteiger partial charge in [-0.05, 0) is 12.1 Å². The Morgan fingerprint density at radius 1 is 1.37 bits per heavy atom. The highest BCUT2D eigenvalue weighted by atomic mass is 32.2. The summed E-state index contributed by atoms with van der Waals surface area (Å²) in [6.45, 7) is 2.87. The summed E-state index contributed by atoms with van der Waals surface area (Å²) < 4.78 is 0. The molecule has 0 bridgehead atoms. The molecule has 1 amide bonds. The summed E-state index contributed by atoms with van der Waals surface area (Å²) >= 11 is 1.74. The highest BCUT2D eigenvalue weighted by Crippen LogP contribution is 2.19. The average Bonchev–Trinajstić information content (AvgIpc) is 3.22. The Hall–Kier alpha value is -2.25. The first-order chi connectivity index (χ1) is 14.6. The molecule has 1 aromatic rings. The van der Waals surface area contributed by atoms with Gasteiger partial charge in [-0.15, -0.1) is 11.8 Å². The quantitative estimate of drug-likeness (QED) is 0.450. The van der Waals surface area contributed by atoms with E-state index in [2.05, 4.69) is 26.7 Å². The van der Waals surface area contributed by atoms with Crippen LogP contribution in [0.2, 0.25) is 0 Å². The lowest BCUT2D eigenvalue weighted by molar-refractivity contribution is -0.923. The van der Waals surface area contributed by atoms with Crippen molar-refractivity contribution in [2.24, 2.45) is 0 Å². The monoisotopic (exact) mass is 430 g/mol. The maximum Gasteiger partial charge on any atom is 0.239 e. The number of piperidine rings is 1. The van der Waals surface area contributed by atoms with Crippen molar-refractivity contribution in [3.8, 4) is 12.1 Å². The molecule has 2 fully saturated rings. The number of quaternary nitrogens is 1. The van der Waals surface area contributed by atoms with Crippen LogP contribution in [0.3, 0.4) is 0 Å². The van der Waals surface area contributed by atoms with Gasteiger partial charge in [0.2, 0.25) is 5.91 Å². The van der Waals surface area contributed by atoms with Crippen LogP contribution in [-0.4, -0.2) is 77.1 Å². The van der Waals surface area contributed by atoms with E-state index in [1.54, 1.807) is 23.9 Å². The summed E-state index contributed by atoms with van der Waals surface area (Å²) in [6.07, 6.45) is 2.85. The number of thioether (sulfide) groups is 1. The predicted molar refractivity (Wildman–Crippen MR) is 113 cm³/mol. The van der Waals surface area contributed by atoms with Crippen LogP contribution in [0.5, 0.6) is 0 Å². The molecule has 160 valence electrons. The van der Waals surface area contributed by atoms with Gasteiger partial charge < -0.3 is 10.5 Å². The smallest absolute Gasteiger partial charge is 0.239 e. The molecule has 0 aliphatic carbocycles. The Kier molecular flexibility index (Phi) is 8.39. The van der Waals surface area contributed by atoms with E-state index >= 15 is 0 Å². The van der Waals surface area contributed by atoms with Gasteiger partial charge in [0.05, 0.1) is 24.7 Å². The van der Waals surface area contributed by atoms with E-state index in [1.165, 1.54) is 6.20 Å².